The Morgan fingerprint density at radius 1 is 1.13 bits per heavy atom. The van der Waals surface area contributed by atoms with Crippen LogP contribution in [-0.4, -0.2) is 52.5 Å². The van der Waals surface area contributed by atoms with E-state index in [1.54, 1.807) is 6.20 Å². The summed E-state index contributed by atoms with van der Waals surface area (Å²) in [5, 5.41) is 0. The summed E-state index contributed by atoms with van der Waals surface area (Å²) in [5.41, 5.74) is 1.36. The van der Waals surface area contributed by atoms with E-state index in [1.807, 2.05) is 46.7 Å². The maximum absolute atomic E-state index is 13.9. The molecule has 4 heterocycles. The van der Waals surface area contributed by atoms with E-state index >= 15 is 0 Å². The molecule has 1 aromatic carbocycles. The molecule has 5 nitrogen and oxygen atoms in total. The number of benzene rings is 1. The van der Waals surface area contributed by atoms with Crippen molar-refractivity contribution in [3.63, 3.8) is 0 Å². The van der Waals surface area contributed by atoms with Crippen molar-refractivity contribution in [1.29, 1.82) is 0 Å². The average Bonchev–Trinajstić information content (AvgIpc) is 3.37. The highest BCUT2D eigenvalue weighted by molar-refractivity contribution is 7.11. The standard InChI is InChI=1S/C25H27N3O2S/c1-19-9-10-22(31-19)16-27-17-23(21-8-5-11-26-14-21)25(18-27)24(29)28(12-13-30-25)15-20-6-3-2-4-7-20/h2-11,14,23H,12-13,15-18H2,1H3/t23-,25-/m0/s1. The number of aromatic nitrogens is 1. The molecule has 2 aliphatic heterocycles. The van der Waals surface area contributed by atoms with Crippen molar-refractivity contribution in [2.24, 2.45) is 0 Å². The lowest BCUT2D eigenvalue weighted by molar-refractivity contribution is -0.173. The second-order valence-corrected chi connectivity index (χ2v) is 9.84. The molecule has 0 bridgehead atoms. The summed E-state index contributed by atoms with van der Waals surface area (Å²) in [6.07, 6.45) is 3.67. The Kier molecular flexibility index (Phi) is 5.61. The lowest BCUT2D eigenvalue weighted by Gasteiger charge is -2.42. The Balaban J connectivity index is 1.44. The van der Waals surface area contributed by atoms with Crippen LogP contribution in [-0.2, 0) is 22.6 Å². The van der Waals surface area contributed by atoms with Gasteiger partial charge in [0.15, 0.2) is 5.60 Å². The maximum atomic E-state index is 13.9. The second-order valence-electron chi connectivity index (χ2n) is 8.47. The predicted octanol–water partition coefficient (Wildman–Crippen LogP) is 3.85. The summed E-state index contributed by atoms with van der Waals surface area (Å²) in [6.45, 7) is 6.16. The Morgan fingerprint density at radius 2 is 2.00 bits per heavy atom. The number of morpholine rings is 1. The molecule has 0 saturated carbocycles. The Labute approximate surface area is 187 Å². The van der Waals surface area contributed by atoms with Gasteiger partial charge in [0.1, 0.15) is 0 Å². The maximum Gasteiger partial charge on any atom is 0.257 e. The van der Waals surface area contributed by atoms with Gasteiger partial charge in [-0.1, -0.05) is 36.4 Å². The zero-order valence-corrected chi connectivity index (χ0v) is 18.6. The van der Waals surface area contributed by atoms with Crippen LogP contribution in [0.4, 0.5) is 0 Å². The van der Waals surface area contributed by atoms with Gasteiger partial charge in [0.05, 0.1) is 6.61 Å². The number of ether oxygens (including phenoxy) is 1. The van der Waals surface area contributed by atoms with Gasteiger partial charge in [-0.2, -0.15) is 0 Å². The van der Waals surface area contributed by atoms with Gasteiger partial charge in [-0.25, -0.2) is 0 Å². The molecule has 160 valence electrons. The fraction of sp³-hybridized carbons (Fsp3) is 0.360. The van der Waals surface area contributed by atoms with Crippen molar-refractivity contribution in [1.82, 2.24) is 14.8 Å². The van der Waals surface area contributed by atoms with E-state index in [0.29, 0.717) is 26.2 Å². The van der Waals surface area contributed by atoms with Gasteiger partial charge < -0.3 is 9.64 Å². The number of carbonyl (C=O) groups is 1. The van der Waals surface area contributed by atoms with Crippen LogP contribution >= 0.6 is 11.3 Å². The Bertz CT molecular complexity index is 1040. The first-order valence-corrected chi connectivity index (χ1v) is 11.6. The number of likely N-dealkylation sites (tertiary alicyclic amines) is 1. The molecule has 2 aromatic heterocycles. The van der Waals surface area contributed by atoms with E-state index in [0.717, 1.165) is 24.2 Å². The Hall–Kier alpha value is -2.54. The first-order valence-electron chi connectivity index (χ1n) is 10.8. The molecule has 1 spiro atoms. The van der Waals surface area contributed by atoms with Crippen LogP contribution in [0.25, 0.3) is 0 Å². The van der Waals surface area contributed by atoms with Gasteiger partial charge in [-0.3, -0.25) is 14.7 Å². The van der Waals surface area contributed by atoms with Crippen LogP contribution in [0, 0.1) is 6.92 Å². The average molecular weight is 434 g/mol. The minimum absolute atomic E-state index is 0.0340. The summed E-state index contributed by atoms with van der Waals surface area (Å²) >= 11 is 1.82. The van der Waals surface area contributed by atoms with Crippen LogP contribution in [0.1, 0.15) is 26.8 Å². The van der Waals surface area contributed by atoms with Crippen molar-refractivity contribution in [2.45, 2.75) is 31.5 Å². The summed E-state index contributed by atoms with van der Waals surface area (Å²) in [5.74, 6) is 0.0645. The monoisotopic (exact) mass is 433 g/mol. The highest BCUT2D eigenvalue weighted by Gasteiger charge is 2.57. The van der Waals surface area contributed by atoms with Gasteiger partial charge in [0, 0.05) is 60.8 Å². The van der Waals surface area contributed by atoms with Crippen molar-refractivity contribution in [3.8, 4) is 0 Å². The molecule has 0 unspecified atom stereocenters. The number of nitrogens with zero attached hydrogens (tertiary/aromatic N) is 3. The second kappa shape index (κ2) is 8.54. The fourth-order valence-corrected chi connectivity index (χ4v) is 5.80. The smallest absolute Gasteiger partial charge is 0.257 e. The third-order valence-corrected chi connectivity index (χ3v) is 7.30. The normalized spacial score (nSPS) is 24.2. The molecule has 6 heteroatoms. The minimum atomic E-state index is -0.859. The largest absolute Gasteiger partial charge is 0.361 e. The van der Waals surface area contributed by atoms with Gasteiger partial charge in [0.25, 0.3) is 5.91 Å². The third-order valence-electron chi connectivity index (χ3n) is 6.31. The number of amides is 1. The predicted molar refractivity (Wildman–Crippen MR) is 122 cm³/mol. The molecule has 5 rings (SSSR count). The number of rotatable bonds is 5. The van der Waals surface area contributed by atoms with Crippen LogP contribution in [0.3, 0.4) is 0 Å². The van der Waals surface area contributed by atoms with Crippen molar-refractivity contribution in [2.75, 3.05) is 26.2 Å². The summed E-state index contributed by atoms with van der Waals surface area (Å²) in [7, 11) is 0. The van der Waals surface area contributed by atoms with Gasteiger partial charge in [0.2, 0.25) is 0 Å². The van der Waals surface area contributed by atoms with Gasteiger partial charge in [-0.05, 0) is 36.2 Å². The molecule has 0 aliphatic carbocycles. The number of pyridine rings is 1. The molecular formula is C25H27N3O2S. The van der Waals surface area contributed by atoms with Crippen LogP contribution < -0.4 is 0 Å². The molecule has 2 fully saturated rings. The van der Waals surface area contributed by atoms with E-state index < -0.39 is 5.60 Å². The highest BCUT2D eigenvalue weighted by atomic mass is 32.1. The van der Waals surface area contributed by atoms with Gasteiger partial charge >= 0.3 is 0 Å². The molecule has 0 N–H and O–H groups in total. The van der Waals surface area contributed by atoms with E-state index in [4.69, 9.17) is 4.74 Å². The van der Waals surface area contributed by atoms with E-state index in [-0.39, 0.29) is 11.8 Å². The molecule has 2 saturated heterocycles. The number of hydrogen-bond acceptors (Lipinski definition) is 5. The molecular weight excluding hydrogens is 406 g/mol. The van der Waals surface area contributed by atoms with Crippen LogP contribution in [0.2, 0.25) is 0 Å². The third kappa shape index (κ3) is 4.03. The molecule has 0 radical (unpaired) electrons. The number of hydrogen-bond donors (Lipinski definition) is 0. The lowest BCUT2D eigenvalue weighted by Crippen LogP contribution is -2.59. The number of aryl methyl sites for hydroxylation is 1. The lowest BCUT2D eigenvalue weighted by atomic mass is 9.83. The van der Waals surface area contributed by atoms with Crippen molar-refractivity contribution < 1.29 is 9.53 Å². The number of carbonyl (C=O) groups excluding carboxylic acids is 1. The molecule has 1 amide bonds. The highest BCUT2D eigenvalue weighted by Crippen LogP contribution is 2.42. The van der Waals surface area contributed by atoms with Gasteiger partial charge in [-0.15, -0.1) is 11.3 Å². The van der Waals surface area contributed by atoms with Crippen LogP contribution in [0.5, 0.6) is 0 Å². The molecule has 2 aliphatic rings. The minimum Gasteiger partial charge on any atom is -0.361 e. The van der Waals surface area contributed by atoms with E-state index in [2.05, 4.69) is 47.1 Å². The van der Waals surface area contributed by atoms with Crippen molar-refractivity contribution >= 4 is 17.2 Å². The first-order chi connectivity index (χ1) is 15.1. The van der Waals surface area contributed by atoms with Crippen LogP contribution in [0.15, 0.2) is 67.0 Å². The molecule has 3 aromatic rings. The SMILES string of the molecule is Cc1ccc(CN2C[C@@H](c3cccnc3)[C@]3(C2)OCCN(Cc2ccccc2)C3=O)s1. The zero-order chi connectivity index (χ0) is 21.3. The summed E-state index contributed by atoms with van der Waals surface area (Å²) in [6, 6.07) is 18.6. The fourth-order valence-electron chi connectivity index (χ4n) is 4.87. The topological polar surface area (TPSA) is 45.7 Å². The first kappa shape index (κ1) is 20.4. The summed E-state index contributed by atoms with van der Waals surface area (Å²) < 4.78 is 6.39. The number of thiophene rings is 1. The molecule has 31 heavy (non-hydrogen) atoms. The van der Waals surface area contributed by atoms with E-state index in [1.165, 1.54) is 9.75 Å². The Morgan fingerprint density at radius 3 is 2.74 bits per heavy atom. The van der Waals surface area contributed by atoms with E-state index in [9.17, 15) is 4.79 Å². The molecule has 2 atom stereocenters. The zero-order valence-electron chi connectivity index (χ0n) is 17.7. The van der Waals surface area contributed by atoms with Crippen molar-refractivity contribution in [3.05, 3.63) is 87.9 Å². The summed E-state index contributed by atoms with van der Waals surface area (Å²) in [4.78, 5) is 25.2. The quantitative estimate of drug-likeness (QED) is 0.613.